The van der Waals surface area contributed by atoms with Gasteiger partial charge in [-0.1, -0.05) is 19.1 Å². The molecule has 1 aromatic rings. The normalized spacial score (nSPS) is 12.5. The third kappa shape index (κ3) is 3.52. The first-order valence-corrected chi connectivity index (χ1v) is 5.30. The molecule has 0 radical (unpaired) electrons. The van der Waals surface area contributed by atoms with Gasteiger partial charge in [-0.15, -0.1) is 0 Å². The number of hydrogen-bond donors (Lipinski definition) is 1. The summed E-state index contributed by atoms with van der Waals surface area (Å²) in [6.45, 7) is 2.69. The Morgan fingerprint density at radius 3 is 2.77 bits per heavy atom. The Kier molecular flexibility index (Phi) is 4.52. The van der Waals surface area contributed by atoms with Gasteiger partial charge in [-0.05, 0) is 34.7 Å². The predicted molar refractivity (Wildman–Crippen MR) is 60.9 cm³/mol. The largest absolute Gasteiger partial charge is 0.492 e. The first kappa shape index (κ1) is 10.8. The first-order valence-electron chi connectivity index (χ1n) is 4.22. The first-order chi connectivity index (χ1) is 6.24. The van der Waals surface area contributed by atoms with Crippen molar-refractivity contribution in [3.8, 4) is 5.75 Å². The second-order valence-corrected chi connectivity index (χ2v) is 4.19. The van der Waals surface area contributed by atoms with Crippen LogP contribution in [-0.2, 0) is 0 Å². The molecule has 1 atom stereocenters. The molecule has 2 nitrogen and oxygen atoms in total. The Bertz CT molecular complexity index is 263. The molecule has 1 rings (SSSR count). The van der Waals surface area contributed by atoms with E-state index in [4.69, 9.17) is 9.84 Å². The van der Waals surface area contributed by atoms with Crippen molar-refractivity contribution in [1.29, 1.82) is 0 Å². The second-order valence-electron chi connectivity index (χ2n) is 3.03. The quantitative estimate of drug-likeness (QED) is 0.863. The fourth-order valence-corrected chi connectivity index (χ4v) is 1.39. The SMILES string of the molecule is CC(CO)COc1ccccc1I. The minimum atomic E-state index is 0.170. The summed E-state index contributed by atoms with van der Waals surface area (Å²) in [5, 5.41) is 8.80. The molecule has 0 aliphatic heterocycles. The molecule has 0 amide bonds. The molecule has 0 fully saturated rings. The van der Waals surface area contributed by atoms with Crippen LogP contribution in [0, 0.1) is 9.49 Å². The molecule has 0 saturated heterocycles. The van der Waals surface area contributed by atoms with Crippen LogP contribution in [0.5, 0.6) is 5.75 Å². The summed E-state index contributed by atoms with van der Waals surface area (Å²) in [4.78, 5) is 0. The van der Waals surface area contributed by atoms with Crippen LogP contribution >= 0.6 is 22.6 Å². The van der Waals surface area contributed by atoms with Crippen molar-refractivity contribution in [3.63, 3.8) is 0 Å². The van der Waals surface area contributed by atoms with Crippen molar-refractivity contribution in [1.82, 2.24) is 0 Å². The minimum Gasteiger partial charge on any atom is -0.492 e. The third-order valence-electron chi connectivity index (χ3n) is 1.67. The minimum absolute atomic E-state index is 0.170. The maximum absolute atomic E-state index is 8.80. The van der Waals surface area contributed by atoms with Gasteiger partial charge >= 0.3 is 0 Å². The number of aliphatic hydroxyl groups excluding tert-OH is 1. The molecule has 1 aromatic carbocycles. The molecule has 72 valence electrons. The number of benzene rings is 1. The lowest BCUT2D eigenvalue weighted by Gasteiger charge is -2.11. The molecule has 0 aliphatic rings. The fraction of sp³-hybridized carbons (Fsp3) is 0.400. The van der Waals surface area contributed by atoms with Crippen molar-refractivity contribution in [3.05, 3.63) is 27.8 Å². The van der Waals surface area contributed by atoms with Crippen molar-refractivity contribution in [2.24, 2.45) is 5.92 Å². The Labute approximate surface area is 92.1 Å². The average Bonchev–Trinajstić information content (AvgIpc) is 2.16. The number of ether oxygens (including phenoxy) is 1. The number of halogens is 1. The maximum Gasteiger partial charge on any atom is 0.132 e. The molecular weight excluding hydrogens is 279 g/mol. The van der Waals surface area contributed by atoms with Crippen LogP contribution in [0.1, 0.15) is 6.92 Å². The van der Waals surface area contributed by atoms with Crippen LogP contribution in [0.25, 0.3) is 0 Å². The predicted octanol–water partition coefficient (Wildman–Crippen LogP) is 2.30. The van der Waals surface area contributed by atoms with Crippen LogP contribution in [0.3, 0.4) is 0 Å². The molecule has 0 aromatic heterocycles. The Hall–Kier alpha value is -0.290. The Morgan fingerprint density at radius 1 is 1.46 bits per heavy atom. The maximum atomic E-state index is 8.80. The van der Waals surface area contributed by atoms with Crippen LogP contribution in [0.2, 0.25) is 0 Å². The lowest BCUT2D eigenvalue weighted by atomic mass is 10.2. The highest BCUT2D eigenvalue weighted by atomic mass is 127. The van der Waals surface area contributed by atoms with Gasteiger partial charge in [0, 0.05) is 12.5 Å². The Morgan fingerprint density at radius 2 is 2.15 bits per heavy atom. The van der Waals surface area contributed by atoms with Crippen LogP contribution in [0.15, 0.2) is 24.3 Å². The topological polar surface area (TPSA) is 29.5 Å². The summed E-state index contributed by atoms with van der Waals surface area (Å²) < 4.78 is 6.62. The van der Waals surface area contributed by atoms with Crippen molar-refractivity contribution in [2.75, 3.05) is 13.2 Å². The van der Waals surface area contributed by atoms with E-state index in [9.17, 15) is 0 Å². The van der Waals surface area contributed by atoms with Gasteiger partial charge in [-0.3, -0.25) is 0 Å². The smallest absolute Gasteiger partial charge is 0.132 e. The zero-order valence-electron chi connectivity index (χ0n) is 7.53. The molecule has 0 heterocycles. The number of para-hydroxylation sites is 1. The van der Waals surface area contributed by atoms with Gasteiger partial charge in [0.2, 0.25) is 0 Å². The van der Waals surface area contributed by atoms with E-state index >= 15 is 0 Å². The standard InChI is InChI=1S/C10H13IO2/c1-8(6-12)7-13-10-5-3-2-4-9(10)11/h2-5,8,12H,6-7H2,1H3. The van der Waals surface area contributed by atoms with Gasteiger partial charge in [0.15, 0.2) is 0 Å². The van der Waals surface area contributed by atoms with Gasteiger partial charge in [0.25, 0.3) is 0 Å². The lowest BCUT2D eigenvalue weighted by molar-refractivity contribution is 0.174. The molecular formula is C10H13IO2. The van der Waals surface area contributed by atoms with E-state index in [1.807, 2.05) is 31.2 Å². The monoisotopic (exact) mass is 292 g/mol. The highest BCUT2D eigenvalue weighted by Gasteiger charge is 2.03. The average molecular weight is 292 g/mol. The van der Waals surface area contributed by atoms with Crippen molar-refractivity contribution in [2.45, 2.75) is 6.92 Å². The molecule has 1 unspecified atom stereocenters. The highest BCUT2D eigenvalue weighted by molar-refractivity contribution is 14.1. The molecule has 0 aliphatic carbocycles. The van der Waals surface area contributed by atoms with Gasteiger partial charge in [-0.25, -0.2) is 0 Å². The fourth-order valence-electron chi connectivity index (χ4n) is 0.847. The van der Waals surface area contributed by atoms with E-state index in [1.54, 1.807) is 0 Å². The van der Waals surface area contributed by atoms with Crippen molar-refractivity contribution >= 4 is 22.6 Å². The van der Waals surface area contributed by atoms with Gasteiger partial charge in [0.1, 0.15) is 5.75 Å². The summed E-state index contributed by atoms with van der Waals surface area (Å²) in [6, 6.07) is 7.86. The zero-order valence-corrected chi connectivity index (χ0v) is 9.69. The Balaban J connectivity index is 2.50. The summed E-state index contributed by atoms with van der Waals surface area (Å²) in [7, 11) is 0. The van der Waals surface area contributed by atoms with E-state index in [-0.39, 0.29) is 12.5 Å². The van der Waals surface area contributed by atoms with Gasteiger partial charge in [0.05, 0.1) is 10.2 Å². The molecule has 0 saturated carbocycles. The summed E-state index contributed by atoms with van der Waals surface area (Å²) in [5.41, 5.74) is 0. The van der Waals surface area contributed by atoms with Gasteiger partial charge < -0.3 is 9.84 Å². The summed E-state index contributed by atoms with van der Waals surface area (Å²) in [6.07, 6.45) is 0. The molecule has 0 bridgehead atoms. The van der Waals surface area contributed by atoms with Gasteiger partial charge in [-0.2, -0.15) is 0 Å². The van der Waals surface area contributed by atoms with E-state index in [0.29, 0.717) is 6.61 Å². The zero-order chi connectivity index (χ0) is 9.68. The van der Waals surface area contributed by atoms with Crippen molar-refractivity contribution < 1.29 is 9.84 Å². The molecule has 0 spiro atoms. The van der Waals surface area contributed by atoms with E-state index < -0.39 is 0 Å². The van der Waals surface area contributed by atoms with E-state index in [1.165, 1.54) is 0 Å². The summed E-state index contributed by atoms with van der Waals surface area (Å²) in [5.74, 6) is 1.08. The van der Waals surface area contributed by atoms with Crippen LogP contribution in [-0.4, -0.2) is 18.3 Å². The molecule has 13 heavy (non-hydrogen) atoms. The van der Waals surface area contributed by atoms with Crippen LogP contribution in [0.4, 0.5) is 0 Å². The van der Waals surface area contributed by atoms with E-state index in [0.717, 1.165) is 9.32 Å². The lowest BCUT2D eigenvalue weighted by Crippen LogP contribution is -2.12. The molecule has 1 N–H and O–H groups in total. The van der Waals surface area contributed by atoms with Crippen LogP contribution < -0.4 is 4.74 Å². The second kappa shape index (κ2) is 5.44. The number of aliphatic hydroxyl groups is 1. The third-order valence-corrected chi connectivity index (χ3v) is 2.56. The van der Waals surface area contributed by atoms with E-state index in [2.05, 4.69) is 22.6 Å². The summed E-state index contributed by atoms with van der Waals surface area (Å²) >= 11 is 2.23. The number of rotatable bonds is 4. The number of hydrogen-bond acceptors (Lipinski definition) is 2. The highest BCUT2D eigenvalue weighted by Crippen LogP contribution is 2.19. The molecule has 3 heteroatoms.